The zero-order chi connectivity index (χ0) is 31.3. The zero-order valence-electron chi connectivity index (χ0n) is 25.8. The number of primary amides is 1. The first-order chi connectivity index (χ1) is 19.4. The first-order valence-electron chi connectivity index (χ1n) is 13.6. The zero-order valence-corrected chi connectivity index (χ0v) is 25.8. The summed E-state index contributed by atoms with van der Waals surface area (Å²) in [5, 5.41) is 5.95. The number of ether oxygens (including phenoxy) is 1. The van der Waals surface area contributed by atoms with Crippen LogP contribution in [0.1, 0.15) is 77.1 Å². The van der Waals surface area contributed by atoms with Crippen LogP contribution in [0.2, 0.25) is 0 Å². The van der Waals surface area contributed by atoms with Crippen molar-refractivity contribution in [3.8, 4) is 0 Å². The van der Waals surface area contributed by atoms with Gasteiger partial charge in [-0.1, -0.05) is 39.0 Å². The fraction of sp³-hybridized carbons (Fsp3) is 0.438. The normalized spacial score (nSPS) is 13.5. The average Bonchev–Trinajstić information content (AvgIpc) is 3.14. The van der Waals surface area contributed by atoms with Gasteiger partial charge in [0.2, 0.25) is 5.91 Å². The summed E-state index contributed by atoms with van der Waals surface area (Å²) in [6.45, 7) is 14.0. The minimum Gasteiger partial charge on any atom is -0.380 e. The number of fused-ring (bicyclic) bond motifs is 1. The molecular weight excluding hydrogens is 520 g/mol. The van der Waals surface area contributed by atoms with Crippen LogP contribution in [-0.2, 0) is 27.4 Å². The van der Waals surface area contributed by atoms with Crippen molar-refractivity contribution in [2.24, 2.45) is 11.1 Å². The van der Waals surface area contributed by atoms with Crippen LogP contribution in [0.15, 0.2) is 35.9 Å². The predicted molar refractivity (Wildman–Crippen MR) is 165 cm³/mol. The van der Waals surface area contributed by atoms with E-state index in [1.165, 1.54) is 13.0 Å². The number of ketones is 1. The van der Waals surface area contributed by atoms with E-state index in [2.05, 4.69) is 29.5 Å². The van der Waals surface area contributed by atoms with Gasteiger partial charge in [-0.05, 0) is 87.8 Å². The first-order valence-corrected chi connectivity index (χ1v) is 13.6. The number of hydrogen-bond donors (Lipinski definition) is 3. The summed E-state index contributed by atoms with van der Waals surface area (Å²) in [6, 6.07) is 9.38. The number of Topliss-reactive ketones (excluding diaryl/α,β-unsaturated/α-hetero) is 1. The van der Waals surface area contributed by atoms with E-state index in [1.807, 2.05) is 51.9 Å². The summed E-state index contributed by atoms with van der Waals surface area (Å²) in [5.74, 6) is -0.985. The third-order valence-corrected chi connectivity index (χ3v) is 6.62. The minimum absolute atomic E-state index is 0.103. The van der Waals surface area contributed by atoms with E-state index < -0.39 is 11.3 Å². The SMILES string of the molecule is C=O.CCCN(C)CNC.COCc1cccc(/C=C(\C)C(=O)Nc2cc(C)c(C(N)=O)c3c2C(=O)C(C)(C)C3)c1. The highest BCUT2D eigenvalue weighted by atomic mass is 16.5. The summed E-state index contributed by atoms with van der Waals surface area (Å²) in [6.07, 6.45) is 3.42. The molecule has 41 heavy (non-hydrogen) atoms. The second-order valence-corrected chi connectivity index (χ2v) is 10.8. The second-order valence-electron chi connectivity index (χ2n) is 10.8. The number of hydrogen-bond acceptors (Lipinski definition) is 7. The van der Waals surface area contributed by atoms with E-state index >= 15 is 0 Å². The van der Waals surface area contributed by atoms with Crippen LogP contribution < -0.4 is 16.4 Å². The van der Waals surface area contributed by atoms with Crippen LogP contribution in [0.25, 0.3) is 6.08 Å². The summed E-state index contributed by atoms with van der Waals surface area (Å²) < 4.78 is 5.16. The first kappa shape index (κ1) is 35.4. The molecule has 2 aromatic rings. The summed E-state index contributed by atoms with van der Waals surface area (Å²) >= 11 is 0. The molecule has 2 amide bonds. The number of amides is 2. The molecule has 0 saturated heterocycles. The van der Waals surface area contributed by atoms with Gasteiger partial charge in [-0.2, -0.15) is 0 Å². The number of anilines is 1. The Bertz CT molecular complexity index is 1250. The summed E-state index contributed by atoms with van der Waals surface area (Å²) in [7, 11) is 5.71. The number of rotatable bonds is 10. The Morgan fingerprint density at radius 1 is 1.22 bits per heavy atom. The molecule has 1 aliphatic carbocycles. The van der Waals surface area contributed by atoms with E-state index in [9.17, 15) is 14.4 Å². The van der Waals surface area contributed by atoms with Gasteiger partial charge in [0, 0.05) is 35.9 Å². The molecule has 4 N–H and O–H groups in total. The van der Waals surface area contributed by atoms with Gasteiger partial charge in [-0.25, -0.2) is 0 Å². The number of benzene rings is 2. The quantitative estimate of drug-likeness (QED) is 0.288. The molecule has 9 heteroatoms. The second kappa shape index (κ2) is 16.6. The molecule has 0 bridgehead atoms. The van der Waals surface area contributed by atoms with E-state index in [0.717, 1.165) is 17.8 Å². The van der Waals surface area contributed by atoms with Crippen molar-refractivity contribution in [1.82, 2.24) is 10.2 Å². The van der Waals surface area contributed by atoms with Crippen LogP contribution >= 0.6 is 0 Å². The molecule has 224 valence electrons. The van der Waals surface area contributed by atoms with Gasteiger partial charge in [0.1, 0.15) is 6.79 Å². The molecule has 1 aliphatic rings. The summed E-state index contributed by atoms with van der Waals surface area (Å²) in [5.41, 5.74) is 9.73. The average molecular weight is 567 g/mol. The lowest BCUT2D eigenvalue weighted by Gasteiger charge is -2.15. The Morgan fingerprint density at radius 3 is 2.44 bits per heavy atom. The third-order valence-electron chi connectivity index (χ3n) is 6.62. The molecule has 0 radical (unpaired) electrons. The topological polar surface area (TPSA) is 131 Å². The maximum Gasteiger partial charge on any atom is 0.251 e. The largest absolute Gasteiger partial charge is 0.380 e. The maximum atomic E-state index is 13.0. The molecule has 2 aromatic carbocycles. The Balaban J connectivity index is 0.000000725. The fourth-order valence-electron chi connectivity index (χ4n) is 4.83. The predicted octanol–water partition coefficient (Wildman–Crippen LogP) is 4.37. The van der Waals surface area contributed by atoms with Gasteiger partial charge < -0.3 is 25.9 Å². The van der Waals surface area contributed by atoms with E-state index in [1.54, 1.807) is 33.1 Å². The molecule has 0 aliphatic heterocycles. The monoisotopic (exact) mass is 566 g/mol. The molecule has 0 spiro atoms. The minimum atomic E-state index is -0.660. The van der Waals surface area contributed by atoms with Crippen LogP contribution in [-0.4, -0.2) is 63.7 Å². The van der Waals surface area contributed by atoms with Crippen LogP contribution in [0.4, 0.5) is 5.69 Å². The third kappa shape index (κ3) is 9.74. The molecule has 0 fully saturated rings. The van der Waals surface area contributed by atoms with Crippen LogP contribution in [0.3, 0.4) is 0 Å². The Labute approximate surface area is 244 Å². The van der Waals surface area contributed by atoms with Crippen molar-refractivity contribution in [2.45, 2.75) is 54.1 Å². The van der Waals surface area contributed by atoms with Gasteiger partial charge in [0.05, 0.1) is 12.3 Å². The van der Waals surface area contributed by atoms with Crippen molar-refractivity contribution < 1.29 is 23.9 Å². The van der Waals surface area contributed by atoms with E-state index in [-0.39, 0.29) is 11.7 Å². The highest BCUT2D eigenvalue weighted by Crippen LogP contribution is 2.42. The van der Waals surface area contributed by atoms with E-state index in [0.29, 0.717) is 46.5 Å². The Morgan fingerprint density at radius 2 is 1.88 bits per heavy atom. The van der Waals surface area contributed by atoms with Crippen molar-refractivity contribution >= 4 is 36.2 Å². The summed E-state index contributed by atoms with van der Waals surface area (Å²) in [4.78, 5) is 48.2. The van der Waals surface area contributed by atoms with Crippen molar-refractivity contribution in [2.75, 3.05) is 39.7 Å². The molecule has 9 nitrogen and oxygen atoms in total. The maximum absolute atomic E-state index is 13.0. The van der Waals surface area contributed by atoms with Gasteiger partial charge in [0.15, 0.2) is 5.78 Å². The molecule has 0 atom stereocenters. The number of nitrogens with one attached hydrogen (secondary N) is 2. The van der Waals surface area contributed by atoms with Gasteiger partial charge in [0.25, 0.3) is 5.91 Å². The highest BCUT2D eigenvalue weighted by Gasteiger charge is 2.42. The molecule has 0 saturated carbocycles. The molecule has 3 rings (SSSR count). The molecule has 0 heterocycles. The fourth-order valence-corrected chi connectivity index (χ4v) is 4.83. The lowest BCUT2D eigenvalue weighted by Crippen LogP contribution is -2.28. The van der Waals surface area contributed by atoms with Gasteiger partial charge in [-0.3, -0.25) is 19.3 Å². The number of carbonyl (C=O) groups excluding carboxylic acids is 4. The molecule has 0 unspecified atom stereocenters. The van der Waals surface area contributed by atoms with E-state index in [4.69, 9.17) is 15.3 Å². The Kier molecular flexibility index (Phi) is 14.3. The lowest BCUT2D eigenvalue weighted by molar-refractivity contribution is -0.112. The molecular formula is C32H46N4O5. The highest BCUT2D eigenvalue weighted by molar-refractivity contribution is 6.16. The van der Waals surface area contributed by atoms with Crippen LogP contribution in [0, 0.1) is 12.3 Å². The number of aryl methyl sites for hydroxylation is 1. The molecule has 0 aromatic heterocycles. The van der Waals surface area contributed by atoms with Gasteiger partial charge >= 0.3 is 0 Å². The number of nitrogens with two attached hydrogens (primary N) is 1. The van der Waals surface area contributed by atoms with Crippen LogP contribution in [0.5, 0.6) is 0 Å². The van der Waals surface area contributed by atoms with Gasteiger partial charge in [-0.15, -0.1) is 0 Å². The Hall–Kier alpha value is -3.66. The lowest BCUT2D eigenvalue weighted by atomic mass is 9.88. The van der Waals surface area contributed by atoms with Crippen molar-refractivity contribution in [3.63, 3.8) is 0 Å². The van der Waals surface area contributed by atoms with Crippen molar-refractivity contribution in [3.05, 3.63) is 69.3 Å². The number of carbonyl (C=O) groups is 4. The smallest absolute Gasteiger partial charge is 0.251 e. The number of nitrogens with zero attached hydrogens (tertiary/aromatic N) is 1. The standard InChI is InChI=1S/C25H28N2O4.C6H16N2.CH2O/c1-14-10-19(21-18(20(14)23(26)29)12-25(3,4)22(21)28)27-24(30)15(2)9-16-7-6-8-17(11-16)13-31-5;1-4-5-8(3)6-7-2;1-2/h6-11H,12-13H2,1-5H3,(H2,26,29)(H,27,30);7H,4-6H2,1-3H3;1H2/b15-9+;;. The van der Waals surface area contributed by atoms with Crippen molar-refractivity contribution in [1.29, 1.82) is 0 Å². The number of methoxy groups -OCH3 is 1.